The van der Waals surface area contributed by atoms with Gasteiger partial charge in [0, 0.05) is 41.0 Å². The molecule has 0 aliphatic rings. The molecule has 154 valence electrons. The van der Waals surface area contributed by atoms with Crippen molar-refractivity contribution in [3.8, 4) is 0 Å². The summed E-state index contributed by atoms with van der Waals surface area (Å²) in [6.07, 6.45) is 5.34. The third-order valence-electron chi connectivity index (χ3n) is 4.16. The Morgan fingerprint density at radius 1 is 0.800 bits per heavy atom. The molecule has 0 N–H and O–H groups in total. The van der Waals surface area contributed by atoms with Gasteiger partial charge in [0.25, 0.3) is 0 Å². The van der Waals surface area contributed by atoms with Crippen LogP contribution in [0.25, 0.3) is 0 Å². The molecule has 2 nitrogen and oxygen atoms in total. The van der Waals surface area contributed by atoms with Gasteiger partial charge in [0.15, 0.2) is 0 Å². The van der Waals surface area contributed by atoms with Crippen molar-refractivity contribution < 1.29 is 9.53 Å². The first kappa shape index (κ1) is 22.9. The van der Waals surface area contributed by atoms with Gasteiger partial charge >= 0.3 is 5.97 Å². The average Bonchev–Trinajstić information content (AvgIpc) is 2.79. The second-order valence-electron chi connectivity index (χ2n) is 6.14. The van der Waals surface area contributed by atoms with Crippen LogP contribution in [0.15, 0.2) is 109 Å². The zero-order valence-electron chi connectivity index (χ0n) is 16.8. The fourth-order valence-electron chi connectivity index (χ4n) is 2.57. The van der Waals surface area contributed by atoms with E-state index in [2.05, 4.69) is 79.8 Å². The van der Waals surface area contributed by atoms with Gasteiger partial charge in [0.2, 0.25) is 0 Å². The molecule has 0 saturated carbocycles. The minimum absolute atomic E-state index is 0.226. The Kier molecular flexibility index (Phi) is 8.88. The third-order valence-corrected chi connectivity index (χ3v) is 7.75. The van der Waals surface area contributed by atoms with Crippen LogP contribution in [-0.2, 0) is 16.1 Å². The van der Waals surface area contributed by atoms with Gasteiger partial charge in [0.05, 0.1) is 0 Å². The van der Waals surface area contributed by atoms with Gasteiger partial charge in [-0.1, -0.05) is 36.2 Å². The minimum atomic E-state index is -0.414. The van der Waals surface area contributed by atoms with Gasteiger partial charge in [-0.15, -0.1) is 23.5 Å². The van der Waals surface area contributed by atoms with Crippen LogP contribution >= 0.6 is 47.0 Å². The number of ether oxygens (including phenoxy) is 1. The molecule has 0 amide bonds. The molecule has 6 heteroatoms. The van der Waals surface area contributed by atoms with E-state index in [9.17, 15) is 4.79 Å². The van der Waals surface area contributed by atoms with Crippen molar-refractivity contribution in [3.63, 3.8) is 0 Å². The van der Waals surface area contributed by atoms with Crippen molar-refractivity contribution in [2.24, 2.45) is 0 Å². The van der Waals surface area contributed by atoms with E-state index >= 15 is 0 Å². The quantitative estimate of drug-likeness (QED) is 0.181. The summed E-state index contributed by atoms with van der Waals surface area (Å²) in [7, 11) is 0. The third kappa shape index (κ3) is 6.64. The van der Waals surface area contributed by atoms with Crippen LogP contribution in [0.2, 0.25) is 0 Å². The molecule has 3 aromatic carbocycles. The summed E-state index contributed by atoms with van der Waals surface area (Å²) in [5, 5.41) is 0. The largest absolute Gasteiger partial charge is 0.458 e. The van der Waals surface area contributed by atoms with E-state index in [1.807, 2.05) is 6.07 Å². The Bertz CT molecular complexity index is 999. The van der Waals surface area contributed by atoms with Gasteiger partial charge in [-0.25, -0.2) is 4.79 Å². The lowest BCUT2D eigenvalue weighted by atomic mass is 10.2. The topological polar surface area (TPSA) is 26.3 Å². The predicted octanol–water partition coefficient (Wildman–Crippen LogP) is 7.66. The first-order valence-electron chi connectivity index (χ1n) is 9.17. The number of rotatable bonds is 9. The lowest BCUT2D eigenvalue weighted by molar-refractivity contribution is -0.139. The summed E-state index contributed by atoms with van der Waals surface area (Å²) in [6, 6.07) is 23.3. The van der Waals surface area contributed by atoms with Crippen molar-refractivity contribution in [1.29, 1.82) is 0 Å². The van der Waals surface area contributed by atoms with Crippen LogP contribution in [0, 0.1) is 0 Å². The predicted molar refractivity (Wildman–Crippen MR) is 131 cm³/mol. The van der Waals surface area contributed by atoms with Crippen LogP contribution in [0.1, 0.15) is 5.56 Å². The monoisotopic (exact) mass is 470 g/mol. The normalized spacial score (nSPS) is 10.6. The maximum atomic E-state index is 11.5. The standard InChI is InChI=1S/C24H22O2S4/c1-4-24(25)26-16-17-5-6-22(29-20-11-7-18(27-2)8-12-20)15-23(17)30-21-13-9-19(28-3)10-14-21/h4-15H,1,16H2,2-3H3. The Morgan fingerprint density at radius 2 is 1.30 bits per heavy atom. The first-order chi connectivity index (χ1) is 14.6. The molecule has 3 rings (SSSR count). The van der Waals surface area contributed by atoms with Crippen molar-refractivity contribution in [3.05, 3.63) is 84.9 Å². The van der Waals surface area contributed by atoms with E-state index < -0.39 is 5.97 Å². The Balaban J connectivity index is 1.84. The highest BCUT2D eigenvalue weighted by atomic mass is 32.2. The molecule has 0 bridgehead atoms. The number of hydrogen-bond acceptors (Lipinski definition) is 6. The zero-order valence-corrected chi connectivity index (χ0v) is 20.1. The van der Waals surface area contributed by atoms with E-state index in [1.165, 1.54) is 20.8 Å². The molecule has 0 saturated heterocycles. The Hall–Kier alpha value is -1.73. The molecule has 30 heavy (non-hydrogen) atoms. The fourth-order valence-corrected chi connectivity index (χ4v) is 5.29. The summed E-state index contributed by atoms with van der Waals surface area (Å²) in [5.41, 5.74) is 0.978. The molecule has 3 aromatic rings. The SMILES string of the molecule is C=CC(=O)OCc1ccc(Sc2ccc(SC)cc2)cc1Sc1ccc(SC)cc1. The van der Waals surface area contributed by atoms with E-state index in [1.54, 1.807) is 47.0 Å². The molecule has 0 aliphatic carbocycles. The van der Waals surface area contributed by atoms with Crippen LogP contribution < -0.4 is 0 Å². The second kappa shape index (κ2) is 11.6. The molecular formula is C24H22O2S4. The van der Waals surface area contributed by atoms with Crippen LogP contribution in [0.5, 0.6) is 0 Å². The number of carbonyl (C=O) groups excluding carboxylic acids is 1. The smallest absolute Gasteiger partial charge is 0.330 e. The highest BCUT2D eigenvalue weighted by Gasteiger charge is 2.10. The van der Waals surface area contributed by atoms with Gasteiger partial charge in [-0.05, 0) is 73.2 Å². The number of benzene rings is 3. The summed E-state index contributed by atoms with van der Waals surface area (Å²) in [5.74, 6) is -0.414. The average molecular weight is 471 g/mol. The lowest BCUT2D eigenvalue weighted by Crippen LogP contribution is -2.01. The maximum Gasteiger partial charge on any atom is 0.330 e. The molecule has 0 radical (unpaired) electrons. The summed E-state index contributed by atoms with van der Waals surface area (Å²) < 4.78 is 5.29. The molecule has 0 aliphatic heterocycles. The van der Waals surface area contributed by atoms with Crippen molar-refractivity contribution in [1.82, 2.24) is 0 Å². The highest BCUT2D eigenvalue weighted by Crippen LogP contribution is 2.37. The van der Waals surface area contributed by atoms with Crippen molar-refractivity contribution in [2.45, 2.75) is 36.0 Å². The molecule has 0 aromatic heterocycles. The minimum Gasteiger partial charge on any atom is -0.458 e. The molecule has 0 spiro atoms. The summed E-state index contributed by atoms with van der Waals surface area (Å²) in [4.78, 5) is 18.6. The first-order valence-corrected chi connectivity index (χ1v) is 13.3. The maximum absolute atomic E-state index is 11.5. The van der Waals surface area contributed by atoms with Crippen LogP contribution in [-0.4, -0.2) is 18.5 Å². The van der Waals surface area contributed by atoms with E-state index in [-0.39, 0.29) is 6.61 Å². The van der Waals surface area contributed by atoms with Crippen LogP contribution in [0.3, 0.4) is 0 Å². The van der Waals surface area contributed by atoms with Gasteiger partial charge in [0.1, 0.15) is 6.61 Å². The lowest BCUT2D eigenvalue weighted by Gasteiger charge is -2.12. The molecule has 0 heterocycles. The summed E-state index contributed by atoms with van der Waals surface area (Å²) in [6.45, 7) is 3.69. The van der Waals surface area contributed by atoms with Gasteiger partial charge in [-0.3, -0.25) is 0 Å². The van der Waals surface area contributed by atoms with Gasteiger partial charge in [-0.2, -0.15) is 0 Å². The second-order valence-corrected chi connectivity index (χ2v) is 10.2. The molecule has 0 fully saturated rings. The number of carbonyl (C=O) groups is 1. The van der Waals surface area contributed by atoms with Crippen LogP contribution in [0.4, 0.5) is 0 Å². The number of esters is 1. The molecule has 0 atom stereocenters. The van der Waals surface area contributed by atoms with Crippen molar-refractivity contribution >= 4 is 53.0 Å². The molecule has 0 unspecified atom stereocenters. The Labute approximate surface area is 195 Å². The highest BCUT2D eigenvalue weighted by molar-refractivity contribution is 8.00. The van der Waals surface area contributed by atoms with Gasteiger partial charge < -0.3 is 4.74 Å². The zero-order chi connectivity index (χ0) is 21.3. The Morgan fingerprint density at radius 3 is 1.83 bits per heavy atom. The fraction of sp³-hybridized carbons (Fsp3) is 0.125. The number of thioether (sulfide) groups is 2. The van der Waals surface area contributed by atoms with Crippen molar-refractivity contribution in [2.75, 3.05) is 12.5 Å². The number of hydrogen-bond donors (Lipinski definition) is 0. The molecular weight excluding hydrogens is 449 g/mol. The summed E-state index contributed by atoms with van der Waals surface area (Å²) >= 11 is 6.87. The van der Waals surface area contributed by atoms with E-state index in [0.717, 1.165) is 20.2 Å². The van der Waals surface area contributed by atoms with E-state index in [0.29, 0.717) is 0 Å². The van der Waals surface area contributed by atoms with E-state index in [4.69, 9.17) is 4.74 Å².